The second-order valence-corrected chi connectivity index (χ2v) is 6.50. The molecule has 2 saturated heterocycles. The molecule has 3 nitrogen and oxygen atoms in total. The molecule has 2 aliphatic heterocycles. The van der Waals surface area contributed by atoms with Crippen LogP contribution in [0.15, 0.2) is 0 Å². The van der Waals surface area contributed by atoms with Gasteiger partial charge in [-0.05, 0) is 45.4 Å². The molecule has 0 unspecified atom stereocenters. The Hall–Kier alpha value is -0.120. The molecule has 3 heteroatoms. The van der Waals surface area contributed by atoms with Crippen molar-refractivity contribution in [3.8, 4) is 0 Å². The fourth-order valence-corrected chi connectivity index (χ4v) is 3.04. The predicted molar refractivity (Wildman–Crippen MR) is 66.9 cm³/mol. The molecule has 0 aromatic carbocycles. The molecule has 0 amide bonds. The van der Waals surface area contributed by atoms with E-state index in [-0.39, 0.29) is 23.9 Å². The van der Waals surface area contributed by atoms with Crippen molar-refractivity contribution in [1.82, 2.24) is 0 Å². The first-order valence-electron chi connectivity index (χ1n) is 6.85. The molecule has 100 valence electrons. The molecule has 0 spiro atoms. The summed E-state index contributed by atoms with van der Waals surface area (Å²) in [4.78, 5) is 0. The van der Waals surface area contributed by atoms with Gasteiger partial charge in [-0.3, -0.25) is 0 Å². The maximum absolute atomic E-state index is 9.34. The molecule has 2 aliphatic rings. The van der Waals surface area contributed by atoms with Crippen molar-refractivity contribution in [2.45, 2.75) is 76.8 Å². The summed E-state index contributed by atoms with van der Waals surface area (Å²) in [6.45, 7) is 8.69. The van der Waals surface area contributed by atoms with Crippen LogP contribution >= 0.6 is 0 Å². The van der Waals surface area contributed by atoms with Crippen LogP contribution in [0.5, 0.6) is 0 Å². The topological polar surface area (TPSA) is 38.7 Å². The minimum Gasteiger partial charge on any atom is -0.393 e. The zero-order valence-corrected chi connectivity index (χ0v) is 11.5. The van der Waals surface area contributed by atoms with Crippen molar-refractivity contribution in [3.05, 3.63) is 0 Å². The Balaban J connectivity index is 2.00. The Morgan fingerprint density at radius 1 is 1.18 bits per heavy atom. The van der Waals surface area contributed by atoms with Gasteiger partial charge < -0.3 is 14.6 Å². The normalized spacial score (nSPS) is 46.9. The van der Waals surface area contributed by atoms with Gasteiger partial charge in [-0.15, -0.1) is 0 Å². The first kappa shape index (κ1) is 13.3. The smallest absolute Gasteiger partial charge is 0.0920 e. The van der Waals surface area contributed by atoms with E-state index in [1.54, 1.807) is 0 Å². The van der Waals surface area contributed by atoms with Crippen LogP contribution in [0.2, 0.25) is 0 Å². The van der Waals surface area contributed by atoms with Crippen molar-refractivity contribution in [2.24, 2.45) is 5.92 Å². The number of aliphatic hydroxyl groups excluding tert-OH is 1. The molecule has 4 atom stereocenters. The van der Waals surface area contributed by atoms with Crippen LogP contribution in [-0.4, -0.2) is 35.1 Å². The summed E-state index contributed by atoms with van der Waals surface area (Å²) in [5.41, 5.74) is -0.505. The lowest BCUT2D eigenvalue weighted by molar-refractivity contribution is -0.159. The van der Waals surface area contributed by atoms with Crippen molar-refractivity contribution in [3.63, 3.8) is 0 Å². The Kier molecular flexibility index (Phi) is 3.54. The molecule has 0 aliphatic carbocycles. The van der Waals surface area contributed by atoms with Gasteiger partial charge in [0.25, 0.3) is 0 Å². The highest BCUT2D eigenvalue weighted by molar-refractivity contribution is 4.98. The van der Waals surface area contributed by atoms with Crippen molar-refractivity contribution >= 4 is 0 Å². The number of aliphatic hydroxyl groups is 1. The summed E-state index contributed by atoms with van der Waals surface area (Å²) in [5.74, 6) is 0.572. The molecule has 0 radical (unpaired) electrons. The number of hydrogen-bond acceptors (Lipinski definition) is 3. The first-order valence-corrected chi connectivity index (χ1v) is 6.85. The standard InChI is InChI=1S/C14H26O3/c1-10(2)11-5-8-14(4,16-11)12-6-7-13(3,9-15)17-12/h10-12,15H,5-9H2,1-4H3/t11-,12-,13-,14-/m1/s1. The Bertz CT molecular complexity index is 279. The predicted octanol–water partition coefficient (Wildman–Crippen LogP) is 2.51. The van der Waals surface area contributed by atoms with E-state index in [2.05, 4.69) is 20.8 Å². The van der Waals surface area contributed by atoms with Crippen LogP contribution < -0.4 is 0 Å². The molecule has 2 fully saturated rings. The van der Waals surface area contributed by atoms with Crippen molar-refractivity contribution < 1.29 is 14.6 Å². The molecular formula is C14H26O3. The van der Waals surface area contributed by atoms with E-state index in [1.807, 2.05) is 6.92 Å². The van der Waals surface area contributed by atoms with Gasteiger partial charge in [0.1, 0.15) is 0 Å². The molecule has 0 aromatic heterocycles. The number of rotatable bonds is 3. The highest BCUT2D eigenvalue weighted by Gasteiger charge is 2.49. The van der Waals surface area contributed by atoms with Gasteiger partial charge in [0.2, 0.25) is 0 Å². The summed E-state index contributed by atoms with van der Waals surface area (Å²) < 4.78 is 12.3. The second kappa shape index (κ2) is 4.52. The monoisotopic (exact) mass is 242 g/mol. The first-order chi connectivity index (χ1) is 7.88. The molecule has 2 heterocycles. The summed E-state index contributed by atoms with van der Waals surface area (Å²) in [6.07, 6.45) is 4.64. The number of hydrogen-bond donors (Lipinski definition) is 1. The van der Waals surface area contributed by atoms with Crippen LogP contribution in [0.3, 0.4) is 0 Å². The zero-order chi connectivity index (χ0) is 12.7. The average molecular weight is 242 g/mol. The van der Waals surface area contributed by atoms with E-state index >= 15 is 0 Å². The third-order valence-electron chi connectivity index (χ3n) is 4.47. The maximum Gasteiger partial charge on any atom is 0.0920 e. The largest absolute Gasteiger partial charge is 0.393 e. The van der Waals surface area contributed by atoms with E-state index in [4.69, 9.17) is 9.47 Å². The SMILES string of the molecule is CC(C)[C@H]1CC[C@](C)([C@H]2CC[C@](C)(CO)O2)O1. The quantitative estimate of drug-likeness (QED) is 0.826. The second-order valence-electron chi connectivity index (χ2n) is 6.50. The zero-order valence-electron chi connectivity index (χ0n) is 11.5. The van der Waals surface area contributed by atoms with Crippen LogP contribution in [0.25, 0.3) is 0 Å². The Morgan fingerprint density at radius 3 is 2.35 bits per heavy atom. The van der Waals surface area contributed by atoms with Crippen LogP contribution in [-0.2, 0) is 9.47 Å². The van der Waals surface area contributed by atoms with Gasteiger partial charge in [-0.1, -0.05) is 13.8 Å². The molecule has 1 N–H and O–H groups in total. The molecule has 0 aromatic rings. The average Bonchev–Trinajstić information content (AvgIpc) is 2.85. The third kappa shape index (κ3) is 2.51. The van der Waals surface area contributed by atoms with E-state index < -0.39 is 0 Å². The van der Waals surface area contributed by atoms with E-state index in [0.29, 0.717) is 12.0 Å². The Labute approximate surface area is 104 Å². The van der Waals surface area contributed by atoms with E-state index in [9.17, 15) is 5.11 Å². The highest BCUT2D eigenvalue weighted by Crippen LogP contribution is 2.43. The molecule has 17 heavy (non-hydrogen) atoms. The van der Waals surface area contributed by atoms with E-state index in [0.717, 1.165) is 25.7 Å². The van der Waals surface area contributed by atoms with Gasteiger partial charge in [0.05, 0.1) is 30.0 Å². The van der Waals surface area contributed by atoms with Gasteiger partial charge in [0.15, 0.2) is 0 Å². The molecular weight excluding hydrogens is 216 g/mol. The summed E-state index contributed by atoms with van der Waals surface area (Å²) >= 11 is 0. The van der Waals surface area contributed by atoms with E-state index in [1.165, 1.54) is 0 Å². The van der Waals surface area contributed by atoms with Gasteiger partial charge in [0, 0.05) is 0 Å². The lowest BCUT2D eigenvalue weighted by Crippen LogP contribution is -2.42. The van der Waals surface area contributed by atoms with Crippen LogP contribution in [0.1, 0.15) is 53.4 Å². The van der Waals surface area contributed by atoms with Crippen LogP contribution in [0, 0.1) is 5.92 Å². The number of ether oxygens (including phenoxy) is 2. The van der Waals surface area contributed by atoms with Crippen molar-refractivity contribution in [1.29, 1.82) is 0 Å². The van der Waals surface area contributed by atoms with Gasteiger partial charge in [-0.2, -0.15) is 0 Å². The fraction of sp³-hybridized carbons (Fsp3) is 1.00. The van der Waals surface area contributed by atoms with Gasteiger partial charge in [-0.25, -0.2) is 0 Å². The minimum atomic E-state index is -0.354. The third-order valence-corrected chi connectivity index (χ3v) is 4.47. The summed E-state index contributed by atoms with van der Waals surface area (Å²) in [6, 6.07) is 0. The lowest BCUT2D eigenvalue weighted by atomic mass is 9.92. The molecule has 0 saturated carbocycles. The highest BCUT2D eigenvalue weighted by atomic mass is 16.6. The summed E-state index contributed by atoms with van der Waals surface area (Å²) in [7, 11) is 0. The Morgan fingerprint density at radius 2 is 1.88 bits per heavy atom. The minimum absolute atomic E-state index is 0.104. The van der Waals surface area contributed by atoms with Crippen LogP contribution in [0.4, 0.5) is 0 Å². The fourth-order valence-electron chi connectivity index (χ4n) is 3.04. The molecule has 2 rings (SSSR count). The summed E-state index contributed by atoms with van der Waals surface area (Å²) in [5, 5.41) is 9.34. The van der Waals surface area contributed by atoms with Gasteiger partial charge >= 0.3 is 0 Å². The van der Waals surface area contributed by atoms with Crippen molar-refractivity contribution in [2.75, 3.05) is 6.61 Å². The maximum atomic E-state index is 9.34. The lowest BCUT2D eigenvalue weighted by Gasteiger charge is -2.33. The molecule has 0 bridgehead atoms.